The van der Waals surface area contributed by atoms with E-state index in [9.17, 15) is 8.42 Å². The zero-order valence-electron chi connectivity index (χ0n) is 15.0. The number of halogens is 1. The molecule has 2 heterocycles. The molecule has 1 saturated heterocycles. The molecule has 0 aromatic carbocycles. The zero-order chi connectivity index (χ0) is 17.3. The molecule has 1 aromatic rings. The standard InChI is InChI=1S/C17H27N3O3S.ClH/c1-13(9-15-5-4-8-23-15)10-20-11-16(14-6-7-14)17(12-20)18-24(21,22)19(2)3;/h4-5,8-9,14,16-18H,6-7,10-12H2,1-3H3;1H/b13-9+;/t16-,17+;/m1./s1. The summed E-state index contributed by atoms with van der Waals surface area (Å²) >= 11 is 0. The Kier molecular flexibility index (Phi) is 6.73. The van der Waals surface area contributed by atoms with Crippen LogP contribution in [0.25, 0.3) is 6.08 Å². The van der Waals surface area contributed by atoms with E-state index in [1.807, 2.05) is 18.2 Å². The van der Waals surface area contributed by atoms with Crippen LogP contribution in [0.4, 0.5) is 0 Å². The van der Waals surface area contributed by atoms with E-state index in [4.69, 9.17) is 4.42 Å². The molecule has 1 N–H and O–H groups in total. The second-order valence-electron chi connectivity index (χ2n) is 7.21. The van der Waals surface area contributed by atoms with E-state index < -0.39 is 10.2 Å². The van der Waals surface area contributed by atoms with Crippen LogP contribution in [0.2, 0.25) is 0 Å². The maximum Gasteiger partial charge on any atom is 0.279 e. The van der Waals surface area contributed by atoms with E-state index in [1.54, 1.807) is 20.4 Å². The van der Waals surface area contributed by atoms with Crippen LogP contribution >= 0.6 is 12.4 Å². The molecule has 0 amide bonds. The fourth-order valence-corrected chi connectivity index (χ4v) is 4.32. The lowest BCUT2D eigenvalue weighted by Gasteiger charge is -2.21. The summed E-state index contributed by atoms with van der Waals surface area (Å²) < 4.78 is 33.9. The minimum absolute atomic E-state index is 0. The van der Waals surface area contributed by atoms with Crippen molar-refractivity contribution in [2.45, 2.75) is 25.8 Å². The molecule has 1 aliphatic carbocycles. The van der Waals surface area contributed by atoms with Gasteiger partial charge in [-0.15, -0.1) is 12.4 Å². The molecule has 1 aromatic heterocycles. The van der Waals surface area contributed by atoms with Crippen molar-refractivity contribution < 1.29 is 12.8 Å². The second-order valence-corrected chi connectivity index (χ2v) is 9.13. The molecule has 1 aliphatic heterocycles. The first-order chi connectivity index (χ1) is 11.3. The Morgan fingerprint density at radius 3 is 2.68 bits per heavy atom. The second kappa shape index (κ2) is 8.22. The lowest BCUT2D eigenvalue weighted by Crippen LogP contribution is -2.46. The average molecular weight is 390 g/mol. The fraction of sp³-hybridized carbons (Fsp3) is 0.647. The number of hydrogen-bond acceptors (Lipinski definition) is 4. The molecule has 6 nitrogen and oxygen atoms in total. The predicted molar refractivity (Wildman–Crippen MR) is 102 cm³/mol. The zero-order valence-corrected chi connectivity index (χ0v) is 16.6. The summed E-state index contributed by atoms with van der Waals surface area (Å²) in [5, 5.41) is 0. The highest BCUT2D eigenvalue weighted by atomic mass is 35.5. The van der Waals surface area contributed by atoms with Crippen molar-refractivity contribution in [2.75, 3.05) is 33.7 Å². The molecule has 0 unspecified atom stereocenters. The highest BCUT2D eigenvalue weighted by molar-refractivity contribution is 7.87. The van der Waals surface area contributed by atoms with Crippen LogP contribution < -0.4 is 4.72 Å². The van der Waals surface area contributed by atoms with Crippen molar-refractivity contribution in [1.82, 2.24) is 13.9 Å². The normalized spacial score (nSPS) is 25.4. The van der Waals surface area contributed by atoms with Crippen molar-refractivity contribution in [3.05, 3.63) is 29.7 Å². The summed E-state index contributed by atoms with van der Waals surface area (Å²) in [6.07, 6.45) is 6.16. The van der Waals surface area contributed by atoms with Crippen LogP contribution in [0.1, 0.15) is 25.5 Å². The molecular formula is C17H28ClN3O3S. The molecule has 1 saturated carbocycles. The molecule has 0 bridgehead atoms. The number of rotatable bonds is 7. The fourth-order valence-electron chi connectivity index (χ4n) is 3.48. The lowest BCUT2D eigenvalue weighted by molar-refractivity contribution is 0.342. The van der Waals surface area contributed by atoms with E-state index in [-0.39, 0.29) is 18.4 Å². The Morgan fingerprint density at radius 1 is 1.40 bits per heavy atom. The van der Waals surface area contributed by atoms with E-state index >= 15 is 0 Å². The third-order valence-corrected chi connectivity index (χ3v) is 6.42. The number of likely N-dealkylation sites (tertiary alicyclic amines) is 1. The first kappa shape index (κ1) is 20.5. The molecule has 25 heavy (non-hydrogen) atoms. The van der Waals surface area contributed by atoms with Gasteiger partial charge in [0.1, 0.15) is 5.76 Å². The van der Waals surface area contributed by atoms with E-state index in [0.717, 1.165) is 25.4 Å². The van der Waals surface area contributed by atoms with Crippen LogP contribution in [0.15, 0.2) is 28.4 Å². The van der Waals surface area contributed by atoms with Gasteiger partial charge in [-0.05, 0) is 49.8 Å². The van der Waals surface area contributed by atoms with Gasteiger partial charge in [0.05, 0.1) is 6.26 Å². The molecule has 2 atom stereocenters. The summed E-state index contributed by atoms with van der Waals surface area (Å²) in [5.41, 5.74) is 1.22. The van der Waals surface area contributed by atoms with Gasteiger partial charge in [0, 0.05) is 39.8 Å². The summed E-state index contributed by atoms with van der Waals surface area (Å²) in [5.74, 6) is 1.94. The van der Waals surface area contributed by atoms with Gasteiger partial charge in [-0.1, -0.05) is 5.57 Å². The van der Waals surface area contributed by atoms with Crippen LogP contribution in [0.5, 0.6) is 0 Å². The van der Waals surface area contributed by atoms with Gasteiger partial charge in [-0.2, -0.15) is 17.4 Å². The summed E-state index contributed by atoms with van der Waals surface area (Å²) in [4.78, 5) is 2.35. The number of nitrogens with one attached hydrogen (secondary N) is 1. The lowest BCUT2D eigenvalue weighted by atomic mass is 9.99. The van der Waals surface area contributed by atoms with Crippen LogP contribution in [-0.4, -0.2) is 57.4 Å². The van der Waals surface area contributed by atoms with Gasteiger partial charge >= 0.3 is 0 Å². The SMILES string of the molecule is C/C(=C\c1ccco1)CN1C[C@H](NS(=O)(=O)N(C)C)[C@@H](C2CC2)C1.Cl. The maximum atomic E-state index is 12.2. The van der Waals surface area contributed by atoms with E-state index in [0.29, 0.717) is 11.8 Å². The molecular weight excluding hydrogens is 362 g/mol. The first-order valence-corrected chi connectivity index (χ1v) is 9.92. The molecule has 2 aliphatic rings. The van der Waals surface area contributed by atoms with E-state index in [2.05, 4.69) is 16.5 Å². The number of furan rings is 1. The van der Waals surface area contributed by atoms with E-state index in [1.165, 1.54) is 22.7 Å². The number of nitrogens with zero attached hydrogens (tertiary/aromatic N) is 2. The molecule has 0 spiro atoms. The molecule has 0 radical (unpaired) electrons. The van der Waals surface area contributed by atoms with Gasteiger partial charge in [0.25, 0.3) is 10.2 Å². The van der Waals surface area contributed by atoms with Crippen molar-refractivity contribution in [3.8, 4) is 0 Å². The molecule has 3 rings (SSSR count). The summed E-state index contributed by atoms with van der Waals surface area (Å²) in [6.45, 7) is 4.64. The molecule has 142 valence electrons. The van der Waals surface area contributed by atoms with Crippen molar-refractivity contribution in [1.29, 1.82) is 0 Å². The van der Waals surface area contributed by atoms with Gasteiger partial charge in [-0.3, -0.25) is 4.90 Å². The Balaban J connectivity index is 0.00000225. The Bertz CT molecular complexity index is 684. The maximum absolute atomic E-state index is 12.2. The monoisotopic (exact) mass is 389 g/mol. The van der Waals surface area contributed by atoms with Crippen LogP contribution in [0.3, 0.4) is 0 Å². The third kappa shape index (κ3) is 5.31. The topological polar surface area (TPSA) is 65.8 Å². The number of hydrogen-bond donors (Lipinski definition) is 1. The van der Waals surface area contributed by atoms with Crippen molar-refractivity contribution in [3.63, 3.8) is 0 Å². The first-order valence-electron chi connectivity index (χ1n) is 8.48. The van der Waals surface area contributed by atoms with Gasteiger partial charge in [0.2, 0.25) is 0 Å². The Hall–Kier alpha value is -0.860. The van der Waals surface area contributed by atoms with Gasteiger partial charge in [-0.25, -0.2) is 0 Å². The minimum Gasteiger partial charge on any atom is -0.465 e. The summed E-state index contributed by atoms with van der Waals surface area (Å²) in [6, 6.07) is 3.82. The minimum atomic E-state index is -3.39. The quantitative estimate of drug-likeness (QED) is 0.776. The smallest absolute Gasteiger partial charge is 0.279 e. The highest BCUT2D eigenvalue weighted by Gasteiger charge is 2.43. The molecule has 2 fully saturated rings. The Morgan fingerprint density at radius 2 is 2.12 bits per heavy atom. The van der Waals surface area contributed by atoms with Crippen molar-refractivity contribution in [2.24, 2.45) is 11.8 Å². The largest absolute Gasteiger partial charge is 0.465 e. The van der Waals surface area contributed by atoms with Crippen LogP contribution in [-0.2, 0) is 10.2 Å². The Labute approximate surface area is 156 Å². The third-order valence-electron chi connectivity index (χ3n) is 4.85. The van der Waals surface area contributed by atoms with Gasteiger partial charge < -0.3 is 4.42 Å². The van der Waals surface area contributed by atoms with Gasteiger partial charge in [0.15, 0.2) is 0 Å². The van der Waals surface area contributed by atoms with Crippen LogP contribution in [0, 0.1) is 11.8 Å². The highest BCUT2D eigenvalue weighted by Crippen LogP contribution is 2.41. The summed E-state index contributed by atoms with van der Waals surface area (Å²) in [7, 11) is -0.252. The van der Waals surface area contributed by atoms with Crippen molar-refractivity contribution >= 4 is 28.7 Å². The average Bonchev–Trinajstić information content (AvgIpc) is 3.08. The predicted octanol–water partition coefficient (Wildman–Crippen LogP) is 2.21. The molecule has 8 heteroatoms.